The zero-order chi connectivity index (χ0) is 18.5. The lowest BCUT2D eigenvalue weighted by atomic mass is 10.0. The molecule has 0 aromatic carbocycles. The maximum atomic E-state index is 10.3. The summed E-state index contributed by atoms with van der Waals surface area (Å²) in [5.74, 6) is -1.01. The van der Waals surface area contributed by atoms with E-state index in [1.807, 2.05) is 0 Å². The first-order chi connectivity index (χ1) is 11.6. The lowest BCUT2D eigenvalue weighted by Crippen LogP contribution is -2.20. The van der Waals surface area contributed by atoms with E-state index in [0.29, 0.717) is 6.42 Å². The standard InChI is InChI=1S/C16H32O2.C3H7NO2/c1-2-3-4-5-6-7-8-9-10-11-12-13-14-15-16(17)18;1-4-3(6)2-5/h2-15H2,1H3,(H,17,18);5H,2H2,1H3,(H,4,6). The van der Waals surface area contributed by atoms with Crippen LogP contribution in [0.2, 0.25) is 0 Å². The number of hydrogen-bond donors (Lipinski definition) is 3. The van der Waals surface area contributed by atoms with Gasteiger partial charge >= 0.3 is 5.97 Å². The normalized spacial score (nSPS) is 9.96. The van der Waals surface area contributed by atoms with Gasteiger partial charge in [0.2, 0.25) is 5.91 Å². The van der Waals surface area contributed by atoms with Crippen molar-refractivity contribution in [3.63, 3.8) is 0 Å². The molecule has 24 heavy (non-hydrogen) atoms. The molecule has 0 radical (unpaired) electrons. The van der Waals surface area contributed by atoms with Crippen molar-refractivity contribution in [2.24, 2.45) is 0 Å². The van der Waals surface area contributed by atoms with Gasteiger partial charge in [-0.1, -0.05) is 84.0 Å². The van der Waals surface area contributed by atoms with Crippen molar-refractivity contribution in [1.82, 2.24) is 5.32 Å². The molecule has 0 aromatic heterocycles. The molecule has 0 aliphatic rings. The minimum atomic E-state index is -0.655. The molecular weight excluding hydrogens is 306 g/mol. The van der Waals surface area contributed by atoms with Crippen molar-refractivity contribution >= 4 is 11.9 Å². The number of hydrogen-bond acceptors (Lipinski definition) is 3. The SMILES string of the molecule is CCCCCCCCCCCCCCCC(=O)O.CNC(=O)CO. The van der Waals surface area contributed by atoms with E-state index >= 15 is 0 Å². The molecule has 0 unspecified atom stereocenters. The van der Waals surface area contributed by atoms with E-state index in [0.717, 1.165) is 12.8 Å². The molecule has 0 aromatic rings. The minimum absolute atomic E-state index is 0.345. The summed E-state index contributed by atoms with van der Waals surface area (Å²) in [6, 6.07) is 0. The molecule has 3 N–H and O–H groups in total. The molecule has 0 rings (SSSR count). The Kier molecular flexibility index (Phi) is 22.9. The van der Waals surface area contributed by atoms with Crippen molar-refractivity contribution in [3.05, 3.63) is 0 Å². The van der Waals surface area contributed by atoms with E-state index in [9.17, 15) is 9.59 Å². The zero-order valence-electron chi connectivity index (χ0n) is 15.8. The molecule has 5 heteroatoms. The molecule has 0 atom stereocenters. The first kappa shape index (κ1) is 25.1. The van der Waals surface area contributed by atoms with Crippen LogP contribution in [0, 0.1) is 0 Å². The molecule has 144 valence electrons. The van der Waals surface area contributed by atoms with E-state index in [1.54, 1.807) is 0 Å². The van der Waals surface area contributed by atoms with Crippen molar-refractivity contribution in [2.75, 3.05) is 13.7 Å². The Morgan fingerprint density at radius 3 is 1.38 bits per heavy atom. The average Bonchev–Trinajstić information content (AvgIpc) is 2.58. The molecule has 1 amide bonds. The Bertz CT molecular complexity index is 277. The van der Waals surface area contributed by atoms with Crippen LogP contribution in [0.4, 0.5) is 0 Å². The summed E-state index contributed by atoms with van der Waals surface area (Å²) < 4.78 is 0. The quantitative estimate of drug-likeness (QED) is 0.387. The fourth-order valence-corrected chi connectivity index (χ4v) is 2.37. The third kappa shape index (κ3) is 25.8. The fourth-order valence-electron chi connectivity index (χ4n) is 2.37. The summed E-state index contributed by atoms with van der Waals surface area (Å²) in [6.45, 7) is 1.84. The number of rotatable bonds is 15. The maximum Gasteiger partial charge on any atom is 0.303 e. The molecule has 0 bridgehead atoms. The zero-order valence-corrected chi connectivity index (χ0v) is 15.8. The van der Waals surface area contributed by atoms with Gasteiger partial charge in [0.05, 0.1) is 0 Å². The second-order valence-corrected chi connectivity index (χ2v) is 6.22. The van der Waals surface area contributed by atoms with Crippen molar-refractivity contribution in [3.8, 4) is 0 Å². The predicted octanol–water partition coefficient (Wildman–Crippen LogP) is 4.28. The summed E-state index contributed by atoms with van der Waals surface area (Å²) in [5.41, 5.74) is 0. The summed E-state index contributed by atoms with van der Waals surface area (Å²) in [7, 11) is 1.47. The number of aliphatic carboxylic acids is 1. The lowest BCUT2D eigenvalue weighted by Gasteiger charge is -2.02. The van der Waals surface area contributed by atoms with Crippen LogP contribution >= 0.6 is 0 Å². The third-order valence-electron chi connectivity index (χ3n) is 3.92. The number of unbranched alkanes of at least 4 members (excludes halogenated alkanes) is 12. The maximum absolute atomic E-state index is 10.3. The van der Waals surface area contributed by atoms with Crippen LogP contribution in [0.1, 0.15) is 96.8 Å². The number of carbonyl (C=O) groups is 2. The van der Waals surface area contributed by atoms with Gasteiger partial charge < -0.3 is 15.5 Å². The number of aliphatic hydroxyl groups is 1. The topological polar surface area (TPSA) is 86.6 Å². The Morgan fingerprint density at radius 1 is 0.750 bits per heavy atom. The van der Waals surface area contributed by atoms with E-state index in [4.69, 9.17) is 10.2 Å². The van der Waals surface area contributed by atoms with Gasteiger partial charge in [0.1, 0.15) is 6.61 Å². The molecule has 0 heterocycles. The second-order valence-electron chi connectivity index (χ2n) is 6.22. The monoisotopic (exact) mass is 345 g/mol. The van der Waals surface area contributed by atoms with E-state index in [2.05, 4.69) is 12.2 Å². The molecule has 0 saturated heterocycles. The van der Waals surface area contributed by atoms with E-state index < -0.39 is 12.6 Å². The molecule has 0 aliphatic carbocycles. The van der Waals surface area contributed by atoms with Crippen LogP contribution in [0.15, 0.2) is 0 Å². The second kappa shape index (κ2) is 21.9. The molecule has 5 nitrogen and oxygen atoms in total. The smallest absolute Gasteiger partial charge is 0.303 e. The van der Waals surface area contributed by atoms with Crippen LogP contribution in [0.3, 0.4) is 0 Å². The van der Waals surface area contributed by atoms with Crippen LogP contribution in [-0.2, 0) is 9.59 Å². The van der Waals surface area contributed by atoms with Crippen LogP contribution in [0.25, 0.3) is 0 Å². The van der Waals surface area contributed by atoms with Crippen LogP contribution < -0.4 is 5.32 Å². The van der Waals surface area contributed by atoms with Gasteiger partial charge in [0, 0.05) is 13.5 Å². The lowest BCUT2D eigenvalue weighted by molar-refractivity contribution is -0.137. The molecule has 0 fully saturated rings. The van der Waals surface area contributed by atoms with Crippen LogP contribution in [0.5, 0.6) is 0 Å². The first-order valence-electron chi connectivity index (χ1n) is 9.61. The molecule has 0 aliphatic heterocycles. The van der Waals surface area contributed by atoms with Crippen molar-refractivity contribution in [1.29, 1.82) is 0 Å². The summed E-state index contributed by atoms with van der Waals surface area (Å²) in [5, 5.41) is 18.6. The van der Waals surface area contributed by atoms with Gasteiger partial charge in [-0.2, -0.15) is 0 Å². The Labute approximate surface area is 148 Å². The van der Waals surface area contributed by atoms with Gasteiger partial charge in [-0.3, -0.25) is 9.59 Å². The highest BCUT2D eigenvalue weighted by Gasteiger charge is 1.96. The Balaban J connectivity index is 0. The average molecular weight is 346 g/mol. The third-order valence-corrected chi connectivity index (χ3v) is 3.92. The molecular formula is C19H39NO4. The van der Waals surface area contributed by atoms with Gasteiger partial charge in [-0.25, -0.2) is 0 Å². The van der Waals surface area contributed by atoms with Crippen LogP contribution in [-0.4, -0.2) is 35.7 Å². The van der Waals surface area contributed by atoms with Crippen molar-refractivity contribution in [2.45, 2.75) is 96.8 Å². The summed E-state index contributed by atoms with van der Waals surface area (Å²) >= 11 is 0. The molecule has 0 saturated carbocycles. The van der Waals surface area contributed by atoms with E-state index in [1.165, 1.54) is 77.7 Å². The van der Waals surface area contributed by atoms with Crippen molar-refractivity contribution < 1.29 is 19.8 Å². The first-order valence-corrected chi connectivity index (χ1v) is 9.61. The van der Waals surface area contributed by atoms with Gasteiger partial charge in [-0.15, -0.1) is 0 Å². The fraction of sp³-hybridized carbons (Fsp3) is 0.895. The Hall–Kier alpha value is -1.10. The van der Waals surface area contributed by atoms with E-state index in [-0.39, 0.29) is 5.91 Å². The summed E-state index contributed by atoms with van der Waals surface area (Å²) in [4.78, 5) is 20.1. The minimum Gasteiger partial charge on any atom is -0.481 e. The number of aliphatic hydroxyl groups excluding tert-OH is 1. The van der Waals surface area contributed by atoms with Gasteiger partial charge in [-0.05, 0) is 6.42 Å². The number of nitrogens with one attached hydrogen (secondary N) is 1. The highest BCUT2D eigenvalue weighted by Crippen LogP contribution is 2.12. The highest BCUT2D eigenvalue weighted by atomic mass is 16.4. The number of carbonyl (C=O) groups excluding carboxylic acids is 1. The number of carboxylic acids is 1. The van der Waals surface area contributed by atoms with Gasteiger partial charge in [0.15, 0.2) is 0 Å². The number of likely N-dealkylation sites (N-methyl/N-ethyl adjacent to an activating group) is 1. The predicted molar refractivity (Wildman–Crippen MR) is 99.1 cm³/mol. The highest BCUT2D eigenvalue weighted by molar-refractivity contribution is 5.76. The molecule has 0 spiro atoms. The Morgan fingerprint density at radius 2 is 1.12 bits per heavy atom. The van der Waals surface area contributed by atoms with Gasteiger partial charge in [0.25, 0.3) is 0 Å². The number of amides is 1. The summed E-state index contributed by atoms with van der Waals surface area (Å²) in [6.07, 6.45) is 17.3. The largest absolute Gasteiger partial charge is 0.481 e. The number of carboxylic acid groups (broad SMARTS) is 1.